The van der Waals surface area contributed by atoms with E-state index < -0.39 is 6.04 Å². The highest BCUT2D eigenvalue weighted by molar-refractivity contribution is 5.83. The largest absolute Gasteiger partial charge is 0.352 e. The van der Waals surface area contributed by atoms with Crippen molar-refractivity contribution in [3.8, 4) is 0 Å². The van der Waals surface area contributed by atoms with Gasteiger partial charge in [-0.05, 0) is 49.6 Å². The SMILES string of the molecule is Cc1nc2ccccc2n1CCNC(C(=O)NC1CC1)c1ccc(F)cc1. The average Bonchev–Trinajstić information content (AvgIpc) is 3.41. The lowest BCUT2D eigenvalue weighted by molar-refractivity contribution is -0.123. The second-order valence-electron chi connectivity index (χ2n) is 7.02. The molecular weight excluding hydrogens is 343 g/mol. The number of aryl methyl sites for hydroxylation is 1. The Labute approximate surface area is 157 Å². The predicted molar refractivity (Wildman–Crippen MR) is 103 cm³/mol. The van der Waals surface area contributed by atoms with Crippen LogP contribution >= 0.6 is 0 Å². The summed E-state index contributed by atoms with van der Waals surface area (Å²) in [4.78, 5) is 17.2. The van der Waals surface area contributed by atoms with E-state index in [-0.39, 0.29) is 17.8 Å². The van der Waals surface area contributed by atoms with E-state index in [0.717, 1.165) is 35.3 Å². The number of amides is 1. The first-order valence-corrected chi connectivity index (χ1v) is 9.33. The number of nitrogens with one attached hydrogen (secondary N) is 2. The van der Waals surface area contributed by atoms with Crippen LogP contribution in [0.3, 0.4) is 0 Å². The summed E-state index contributed by atoms with van der Waals surface area (Å²) in [5.41, 5.74) is 2.82. The summed E-state index contributed by atoms with van der Waals surface area (Å²) < 4.78 is 15.4. The zero-order chi connectivity index (χ0) is 18.8. The molecule has 4 rings (SSSR count). The van der Waals surface area contributed by atoms with E-state index in [1.54, 1.807) is 12.1 Å². The van der Waals surface area contributed by atoms with Gasteiger partial charge in [0, 0.05) is 19.1 Å². The van der Waals surface area contributed by atoms with Crippen molar-refractivity contribution in [1.29, 1.82) is 0 Å². The number of benzene rings is 2. The van der Waals surface area contributed by atoms with E-state index in [1.807, 2.05) is 31.2 Å². The van der Waals surface area contributed by atoms with E-state index >= 15 is 0 Å². The van der Waals surface area contributed by atoms with Crippen LogP contribution in [-0.4, -0.2) is 28.0 Å². The van der Waals surface area contributed by atoms with Gasteiger partial charge < -0.3 is 15.2 Å². The summed E-state index contributed by atoms with van der Waals surface area (Å²) in [5, 5.41) is 6.37. The maximum atomic E-state index is 13.3. The molecule has 1 saturated carbocycles. The van der Waals surface area contributed by atoms with Crippen molar-refractivity contribution in [2.75, 3.05) is 6.54 Å². The zero-order valence-electron chi connectivity index (χ0n) is 15.3. The van der Waals surface area contributed by atoms with Crippen LogP contribution < -0.4 is 10.6 Å². The molecule has 1 atom stereocenters. The van der Waals surface area contributed by atoms with Crippen molar-refractivity contribution in [2.45, 2.75) is 38.4 Å². The lowest BCUT2D eigenvalue weighted by Gasteiger charge is -2.19. The maximum Gasteiger partial charge on any atom is 0.241 e. The lowest BCUT2D eigenvalue weighted by Crippen LogP contribution is -2.39. The topological polar surface area (TPSA) is 59.0 Å². The molecule has 0 bridgehead atoms. The number of nitrogens with zero attached hydrogens (tertiary/aromatic N) is 2. The van der Waals surface area contributed by atoms with Crippen LogP contribution in [0.15, 0.2) is 48.5 Å². The first-order valence-electron chi connectivity index (χ1n) is 9.33. The first-order chi connectivity index (χ1) is 13.1. The van der Waals surface area contributed by atoms with Crippen LogP contribution in [0.5, 0.6) is 0 Å². The van der Waals surface area contributed by atoms with Crippen molar-refractivity contribution >= 4 is 16.9 Å². The van der Waals surface area contributed by atoms with Crippen molar-refractivity contribution in [3.63, 3.8) is 0 Å². The Bertz CT molecular complexity index is 946. The molecule has 0 saturated heterocycles. The van der Waals surface area contributed by atoms with E-state index in [4.69, 9.17) is 0 Å². The summed E-state index contributed by atoms with van der Waals surface area (Å²) in [5.74, 6) is 0.579. The fourth-order valence-corrected chi connectivity index (χ4v) is 3.33. The number of imidazole rings is 1. The molecule has 3 aromatic rings. The zero-order valence-corrected chi connectivity index (χ0v) is 15.3. The fraction of sp³-hybridized carbons (Fsp3) is 0.333. The van der Waals surface area contributed by atoms with Gasteiger partial charge in [-0.25, -0.2) is 9.37 Å². The van der Waals surface area contributed by atoms with E-state index in [2.05, 4.69) is 20.2 Å². The second-order valence-corrected chi connectivity index (χ2v) is 7.02. The highest BCUT2D eigenvalue weighted by atomic mass is 19.1. The minimum atomic E-state index is -0.499. The summed E-state index contributed by atoms with van der Waals surface area (Å²) >= 11 is 0. The van der Waals surface area contributed by atoms with E-state index in [1.165, 1.54) is 12.1 Å². The Morgan fingerprint density at radius 1 is 1.22 bits per heavy atom. The Hall–Kier alpha value is -2.73. The Morgan fingerprint density at radius 2 is 1.96 bits per heavy atom. The van der Waals surface area contributed by atoms with Gasteiger partial charge in [0.05, 0.1) is 11.0 Å². The van der Waals surface area contributed by atoms with Crippen LogP contribution in [-0.2, 0) is 11.3 Å². The number of carbonyl (C=O) groups is 1. The predicted octanol–water partition coefficient (Wildman–Crippen LogP) is 3.09. The monoisotopic (exact) mass is 366 g/mol. The molecule has 1 aliphatic carbocycles. The van der Waals surface area contributed by atoms with Crippen molar-refractivity contribution in [2.24, 2.45) is 0 Å². The third-order valence-corrected chi connectivity index (χ3v) is 4.92. The number of aromatic nitrogens is 2. The molecule has 1 aliphatic rings. The number of hydrogen-bond donors (Lipinski definition) is 2. The molecule has 1 fully saturated rings. The van der Waals surface area contributed by atoms with Crippen molar-refractivity contribution < 1.29 is 9.18 Å². The minimum absolute atomic E-state index is 0.0590. The van der Waals surface area contributed by atoms with Crippen LogP contribution in [0.2, 0.25) is 0 Å². The summed E-state index contributed by atoms with van der Waals surface area (Å²) in [6, 6.07) is 13.9. The van der Waals surface area contributed by atoms with Crippen LogP contribution in [0.25, 0.3) is 11.0 Å². The smallest absolute Gasteiger partial charge is 0.241 e. The Morgan fingerprint density at radius 3 is 2.70 bits per heavy atom. The molecule has 1 aromatic heterocycles. The van der Waals surface area contributed by atoms with Gasteiger partial charge in [0.1, 0.15) is 17.7 Å². The normalized spacial score (nSPS) is 15.0. The molecule has 6 heteroatoms. The number of fused-ring (bicyclic) bond motifs is 1. The lowest BCUT2D eigenvalue weighted by atomic mass is 10.1. The number of carbonyl (C=O) groups excluding carboxylic acids is 1. The Balaban J connectivity index is 1.48. The van der Waals surface area contributed by atoms with Crippen LogP contribution in [0.1, 0.15) is 30.3 Å². The highest BCUT2D eigenvalue weighted by Gasteiger charge is 2.28. The molecule has 1 heterocycles. The van der Waals surface area contributed by atoms with Gasteiger partial charge in [-0.2, -0.15) is 0 Å². The number of rotatable bonds is 7. The summed E-state index contributed by atoms with van der Waals surface area (Å²) in [7, 11) is 0. The maximum absolute atomic E-state index is 13.3. The number of para-hydroxylation sites is 2. The molecule has 1 amide bonds. The van der Waals surface area contributed by atoms with Gasteiger partial charge in [-0.1, -0.05) is 24.3 Å². The molecule has 0 radical (unpaired) electrons. The Kier molecular flexibility index (Phi) is 4.90. The van der Waals surface area contributed by atoms with E-state index in [9.17, 15) is 9.18 Å². The summed E-state index contributed by atoms with van der Waals surface area (Å²) in [6.07, 6.45) is 2.06. The molecule has 0 spiro atoms. The van der Waals surface area contributed by atoms with Crippen LogP contribution in [0.4, 0.5) is 4.39 Å². The standard InChI is InChI=1S/C21H23FN4O/c1-14-24-18-4-2-3-5-19(18)26(14)13-12-23-20(21(27)25-17-10-11-17)15-6-8-16(22)9-7-15/h2-9,17,20,23H,10-13H2,1H3,(H,25,27). The number of hydrogen-bond acceptors (Lipinski definition) is 3. The molecule has 2 N–H and O–H groups in total. The third-order valence-electron chi connectivity index (χ3n) is 4.92. The van der Waals surface area contributed by atoms with E-state index in [0.29, 0.717) is 13.1 Å². The molecular formula is C21H23FN4O. The number of halogens is 1. The summed E-state index contributed by atoms with van der Waals surface area (Å²) in [6.45, 7) is 3.28. The van der Waals surface area contributed by atoms with Crippen molar-refractivity contribution in [3.05, 3.63) is 65.7 Å². The molecule has 0 aliphatic heterocycles. The van der Waals surface area contributed by atoms with Gasteiger partial charge in [-0.15, -0.1) is 0 Å². The molecule has 1 unspecified atom stereocenters. The van der Waals surface area contributed by atoms with Gasteiger partial charge in [0.15, 0.2) is 0 Å². The molecule has 27 heavy (non-hydrogen) atoms. The third kappa shape index (κ3) is 4.01. The average molecular weight is 366 g/mol. The van der Waals surface area contributed by atoms with Crippen LogP contribution in [0, 0.1) is 12.7 Å². The molecule has 2 aromatic carbocycles. The highest BCUT2D eigenvalue weighted by Crippen LogP contribution is 2.22. The van der Waals surface area contributed by atoms with Gasteiger partial charge in [0.2, 0.25) is 5.91 Å². The van der Waals surface area contributed by atoms with Gasteiger partial charge in [-0.3, -0.25) is 4.79 Å². The molecule has 140 valence electrons. The van der Waals surface area contributed by atoms with Crippen molar-refractivity contribution in [1.82, 2.24) is 20.2 Å². The quantitative estimate of drug-likeness (QED) is 0.676. The molecule has 5 nitrogen and oxygen atoms in total. The van der Waals surface area contributed by atoms with Gasteiger partial charge >= 0.3 is 0 Å². The van der Waals surface area contributed by atoms with Gasteiger partial charge in [0.25, 0.3) is 0 Å². The minimum Gasteiger partial charge on any atom is -0.352 e. The second kappa shape index (κ2) is 7.48. The fourth-order valence-electron chi connectivity index (χ4n) is 3.33. The first kappa shape index (κ1) is 17.7.